The lowest BCUT2D eigenvalue weighted by atomic mass is 10.0. The maximum Gasteiger partial charge on any atom is 0.326 e. The number of nitrogens with one attached hydrogen (secondary N) is 5. The van der Waals surface area contributed by atoms with E-state index in [1.807, 2.05) is 38.1 Å². The van der Waals surface area contributed by atoms with E-state index in [0.29, 0.717) is 11.3 Å². The number of carbonyl (C=O) groups is 5. The minimum atomic E-state index is -1.29. The van der Waals surface area contributed by atoms with Gasteiger partial charge in [0.2, 0.25) is 23.6 Å². The lowest BCUT2D eigenvalue weighted by molar-refractivity contribution is -0.142. The van der Waals surface area contributed by atoms with Gasteiger partial charge in [0.25, 0.3) is 0 Å². The number of hydrogen-bond donors (Lipinski definition) is 8. The number of fused-ring (bicyclic) bond motifs is 1. The average Bonchev–Trinajstić information content (AvgIpc) is 3.56. The summed E-state index contributed by atoms with van der Waals surface area (Å²) in [6, 6.07) is 2.51. The van der Waals surface area contributed by atoms with Gasteiger partial charge in [0.05, 0.1) is 18.8 Å². The van der Waals surface area contributed by atoms with Gasteiger partial charge in [0, 0.05) is 41.8 Å². The van der Waals surface area contributed by atoms with Gasteiger partial charge in [-0.15, -0.1) is 0 Å². The Bertz CT molecular complexity index is 1370. The number of nitrogens with zero attached hydrogens (tertiary/aromatic N) is 1. The standard InChI is InChI=1S/C27H36N8O6/c1-14(2)7-22(27(40)41)35-26(39)21(9-16-12-30-13-32-16)34-25(38)20(33-24(37)18(28)10-23(29)36)8-15-11-31-19-6-4-3-5-17(15)19/h3-6,11-14,18,20-22,31H,7-10,28H2,1-2H3,(H2,29,36)(H,30,32)(H,33,37)(H,34,38)(H,35,39)(H,40,41). The molecule has 0 bridgehead atoms. The molecule has 14 heteroatoms. The number of primary amides is 1. The monoisotopic (exact) mass is 568 g/mol. The number of benzene rings is 1. The van der Waals surface area contributed by atoms with Crippen LogP contribution >= 0.6 is 0 Å². The number of aromatic nitrogens is 3. The zero-order valence-corrected chi connectivity index (χ0v) is 22.8. The highest BCUT2D eigenvalue weighted by Crippen LogP contribution is 2.19. The largest absolute Gasteiger partial charge is 0.480 e. The van der Waals surface area contributed by atoms with Gasteiger partial charge in [-0.2, -0.15) is 0 Å². The zero-order valence-electron chi connectivity index (χ0n) is 22.8. The number of amides is 4. The maximum absolute atomic E-state index is 13.6. The minimum Gasteiger partial charge on any atom is -0.480 e. The first-order valence-corrected chi connectivity index (χ1v) is 13.1. The fourth-order valence-corrected chi connectivity index (χ4v) is 4.38. The minimum absolute atomic E-state index is 0.0163. The van der Waals surface area contributed by atoms with E-state index in [1.54, 1.807) is 6.20 Å². The molecule has 0 radical (unpaired) electrons. The van der Waals surface area contributed by atoms with E-state index in [4.69, 9.17) is 11.5 Å². The van der Waals surface area contributed by atoms with Gasteiger partial charge >= 0.3 is 5.97 Å². The second-order valence-corrected chi connectivity index (χ2v) is 10.3. The molecule has 2 heterocycles. The number of carbonyl (C=O) groups excluding carboxylic acids is 4. The van der Waals surface area contributed by atoms with E-state index in [-0.39, 0.29) is 25.2 Å². The third-order valence-corrected chi connectivity index (χ3v) is 6.42. The first kappa shape index (κ1) is 30.8. The van der Waals surface area contributed by atoms with Gasteiger partial charge < -0.3 is 42.5 Å². The average molecular weight is 569 g/mol. The third kappa shape index (κ3) is 8.89. The fraction of sp³-hybridized carbons (Fsp3) is 0.407. The van der Waals surface area contributed by atoms with Gasteiger partial charge in [-0.25, -0.2) is 9.78 Å². The summed E-state index contributed by atoms with van der Waals surface area (Å²) in [6.07, 6.45) is 4.34. The quantitative estimate of drug-likeness (QED) is 0.118. The molecule has 0 saturated heterocycles. The molecule has 0 spiro atoms. The number of para-hydroxylation sites is 1. The van der Waals surface area contributed by atoms with Crippen molar-refractivity contribution in [2.45, 2.75) is 63.7 Å². The molecule has 2 aromatic heterocycles. The van der Waals surface area contributed by atoms with Crippen molar-refractivity contribution < 1.29 is 29.1 Å². The van der Waals surface area contributed by atoms with Crippen molar-refractivity contribution in [3.63, 3.8) is 0 Å². The van der Waals surface area contributed by atoms with Crippen molar-refractivity contribution in [2.75, 3.05) is 0 Å². The van der Waals surface area contributed by atoms with Gasteiger partial charge in [-0.3, -0.25) is 19.2 Å². The van der Waals surface area contributed by atoms with Crippen molar-refractivity contribution in [1.29, 1.82) is 0 Å². The number of H-pyrrole nitrogens is 2. The summed E-state index contributed by atoms with van der Waals surface area (Å²) in [6.45, 7) is 3.65. The Morgan fingerprint density at radius 1 is 0.927 bits per heavy atom. The SMILES string of the molecule is CC(C)CC(NC(=O)C(Cc1cnc[nH]1)NC(=O)C(Cc1c[nH]c2ccccc12)NC(=O)C(N)CC(N)=O)C(=O)O. The molecule has 0 aliphatic carbocycles. The van der Waals surface area contributed by atoms with Crippen LogP contribution in [0.15, 0.2) is 43.0 Å². The Balaban J connectivity index is 1.87. The summed E-state index contributed by atoms with van der Waals surface area (Å²) in [5, 5.41) is 18.2. The molecule has 3 aromatic rings. The van der Waals surface area contributed by atoms with Crippen LogP contribution in [0.5, 0.6) is 0 Å². The van der Waals surface area contributed by atoms with Crippen molar-refractivity contribution in [1.82, 2.24) is 30.9 Å². The van der Waals surface area contributed by atoms with Crippen molar-refractivity contribution >= 4 is 40.5 Å². The summed E-state index contributed by atoms with van der Waals surface area (Å²) in [4.78, 5) is 72.7. The summed E-state index contributed by atoms with van der Waals surface area (Å²) in [7, 11) is 0. The van der Waals surface area contributed by atoms with Crippen LogP contribution < -0.4 is 27.4 Å². The van der Waals surface area contributed by atoms with Crippen LogP contribution in [0.3, 0.4) is 0 Å². The second-order valence-electron chi connectivity index (χ2n) is 10.3. The Morgan fingerprint density at radius 3 is 2.17 bits per heavy atom. The smallest absolute Gasteiger partial charge is 0.326 e. The number of nitrogens with two attached hydrogens (primary N) is 2. The summed E-state index contributed by atoms with van der Waals surface area (Å²) in [5.41, 5.74) is 13.0. The number of hydrogen-bond acceptors (Lipinski definition) is 7. The molecular formula is C27H36N8O6. The first-order chi connectivity index (χ1) is 19.4. The van der Waals surface area contributed by atoms with Crippen LogP contribution in [-0.2, 0) is 36.8 Å². The summed E-state index contributed by atoms with van der Waals surface area (Å²) in [5.74, 6) is -4.21. The predicted molar refractivity (Wildman–Crippen MR) is 149 cm³/mol. The molecule has 0 aliphatic heterocycles. The van der Waals surface area contributed by atoms with Crippen LogP contribution in [0.1, 0.15) is 37.9 Å². The molecule has 4 unspecified atom stereocenters. The summed E-state index contributed by atoms with van der Waals surface area (Å²) >= 11 is 0. The molecule has 0 fully saturated rings. The Labute approximate surface area is 236 Å². The molecule has 3 rings (SSSR count). The van der Waals surface area contributed by atoms with Gasteiger partial charge in [-0.05, 0) is 24.0 Å². The van der Waals surface area contributed by atoms with E-state index in [1.165, 1.54) is 12.5 Å². The highest BCUT2D eigenvalue weighted by Gasteiger charge is 2.31. The molecule has 4 amide bonds. The van der Waals surface area contributed by atoms with Crippen molar-refractivity contribution in [2.24, 2.45) is 17.4 Å². The molecule has 0 saturated carbocycles. The second kappa shape index (κ2) is 14.1. The third-order valence-electron chi connectivity index (χ3n) is 6.42. The highest BCUT2D eigenvalue weighted by molar-refractivity contribution is 5.95. The summed E-state index contributed by atoms with van der Waals surface area (Å²) < 4.78 is 0. The molecule has 10 N–H and O–H groups in total. The predicted octanol–water partition coefficient (Wildman–Crippen LogP) is -0.536. The van der Waals surface area contributed by atoms with E-state index in [2.05, 4.69) is 30.9 Å². The lowest BCUT2D eigenvalue weighted by Gasteiger charge is -2.25. The van der Waals surface area contributed by atoms with E-state index in [0.717, 1.165) is 10.9 Å². The normalized spacial score (nSPS) is 14.1. The van der Waals surface area contributed by atoms with Crippen LogP contribution in [0.25, 0.3) is 10.9 Å². The molecule has 0 aliphatic rings. The zero-order chi connectivity index (χ0) is 30.1. The van der Waals surface area contributed by atoms with Gasteiger partial charge in [0.1, 0.15) is 18.1 Å². The number of aliphatic carboxylic acids is 1. The molecule has 14 nitrogen and oxygen atoms in total. The van der Waals surface area contributed by atoms with Crippen LogP contribution in [-0.4, -0.2) is 73.8 Å². The first-order valence-electron chi connectivity index (χ1n) is 13.1. The Morgan fingerprint density at radius 2 is 1.56 bits per heavy atom. The topological polar surface area (TPSA) is 238 Å². The maximum atomic E-state index is 13.6. The highest BCUT2D eigenvalue weighted by atomic mass is 16.4. The molecule has 41 heavy (non-hydrogen) atoms. The van der Waals surface area contributed by atoms with Crippen LogP contribution in [0, 0.1) is 5.92 Å². The van der Waals surface area contributed by atoms with Crippen molar-refractivity contribution in [3.8, 4) is 0 Å². The van der Waals surface area contributed by atoms with E-state index in [9.17, 15) is 29.1 Å². The number of aromatic amines is 2. The van der Waals surface area contributed by atoms with Crippen LogP contribution in [0.2, 0.25) is 0 Å². The fourth-order valence-electron chi connectivity index (χ4n) is 4.38. The lowest BCUT2D eigenvalue weighted by Crippen LogP contribution is -2.58. The number of carboxylic acid groups (broad SMARTS) is 1. The number of rotatable bonds is 15. The van der Waals surface area contributed by atoms with Gasteiger partial charge in [-0.1, -0.05) is 32.0 Å². The van der Waals surface area contributed by atoms with Crippen LogP contribution in [0.4, 0.5) is 0 Å². The van der Waals surface area contributed by atoms with Gasteiger partial charge in [0.15, 0.2) is 0 Å². The van der Waals surface area contributed by atoms with E-state index >= 15 is 0 Å². The van der Waals surface area contributed by atoms with E-state index < -0.39 is 60.2 Å². The Hall–Kier alpha value is -4.72. The number of carboxylic acids is 1. The molecular weight excluding hydrogens is 532 g/mol. The van der Waals surface area contributed by atoms with Crippen molar-refractivity contribution in [3.05, 3.63) is 54.2 Å². The molecule has 1 aromatic carbocycles. The number of imidazole rings is 1. The molecule has 220 valence electrons. The Kier molecular flexibility index (Phi) is 10.6. The molecule has 4 atom stereocenters.